The highest BCUT2D eigenvalue weighted by Crippen LogP contribution is 2.27. The highest BCUT2D eigenvalue weighted by atomic mass is 32.2. The Morgan fingerprint density at radius 2 is 2.03 bits per heavy atom. The second-order valence-electron chi connectivity index (χ2n) is 7.50. The van der Waals surface area contributed by atoms with Gasteiger partial charge in [-0.3, -0.25) is 4.99 Å². The van der Waals surface area contributed by atoms with Crippen molar-refractivity contribution in [3.8, 4) is 0 Å². The van der Waals surface area contributed by atoms with Crippen LogP contribution >= 0.6 is 0 Å². The number of benzene rings is 1. The van der Waals surface area contributed by atoms with E-state index < -0.39 is 9.84 Å². The van der Waals surface area contributed by atoms with Crippen molar-refractivity contribution in [2.24, 2.45) is 10.7 Å². The number of piperidine rings is 1. The lowest BCUT2D eigenvalue weighted by Crippen LogP contribution is -2.39. The Bertz CT molecular complexity index is 1100. The van der Waals surface area contributed by atoms with E-state index in [-0.39, 0.29) is 5.25 Å². The molecule has 164 valence electrons. The normalized spacial score (nSPS) is 15.9. The highest BCUT2D eigenvalue weighted by molar-refractivity contribution is 7.91. The number of anilines is 3. The van der Waals surface area contributed by atoms with Gasteiger partial charge in [-0.25, -0.2) is 13.4 Å². The lowest BCUT2D eigenvalue weighted by molar-refractivity contribution is 0.532. The summed E-state index contributed by atoms with van der Waals surface area (Å²) in [5.41, 5.74) is 9.74. The maximum absolute atomic E-state index is 11.8. The number of sulfone groups is 1. The highest BCUT2D eigenvalue weighted by Gasteiger charge is 2.27. The van der Waals surface area contributed by atoms with E-state index in [1.807, 2.05) is 30.3 Å². The van der Waals surface area contributed by atoms with Crippen LogP contribution in [0.25, 0.3) is 5.57 Å². The maximum atomic E-state index is 11.8. The van der Waals surface area contributed by atoms with Crippen molar-refractivity contribution in [2.75, 3.05) is 36.6 Å². The Labute approximate surface area is 183 Å². The predicted octanol–water partition coefficient (Wildman–Crippen LogP) is 2.84. The third-order valence-corrected chi connectivity index (χ3v) is 7.07. The monoisotopic (exact) mass is 440 g/mol. The Hall–Kier alpha value is -3.20. The van der Waals surface area contributed by atoms with Crippen molar-refractivity contribution in [2.45, 2.75) is 18.1 Å². The summed E-state index contributed by atoms with van der Waals surface area (Å²) < 4.78 is 23.6. The molecule has 0 unspecified atom stereocenters. The van der Waals surface area contributed by atoms with Crippen molar-refractivity contribution in [1.82, 2.24) is 4.98 Å². The fraction of sp³-hybridized carbons (Fsp3) is 0.318. The van der Waals surface area contributed by atoms with Crippen LogP contribution in [0.4, 0.5) is 17.2 Å². The molecule has 9 heteroatoms. The summed E-state index contributed by atoms with van der Waals surface area (Å²) in [7, 11) is -1.32. The summed E-state index contributed by atoms with van der Waals surface area (Å²) in [6.07, 6.45) is 8.72. The summed E-state index contributed by atoms with van der Waals surface area (Å²) in [5, 5.41) is 10.8. The van der Waals surface area contributed by atoms with Gasteiger partial charge in [-0.05, 0) is 30.5 Å². The van der Waals surface area contributed by atoms with Gasteiger partial charge in [-0.15, -0.1) is 0 Å². The minimum atomic E-state index is -3.01. The Morgan fingerprint density at radius 1 is 1.29 bits per heavy atom. The molecule has 1 aromatic heterocycles. The number of hydrogen-bond acceptors (Lipinski definition) is 8. The largest absolute Gasteiger partial charge is 0.404 e. The molecule has 1 fully saturated rings. The minimum Gasteiger partial charge on any atom is -0.404 e. The third kappa shape index (κ3) is 5.49. The van der Waals surface area contributed by atoms with Crippen molar-refractivity contribution >= 4 is 45.0 Å². The number of nitrogens with one attached hydrogen (secondary N) is 2. The molecule has 1 aromatic carbocycles. The minimum absolute atomic E-state index is 0.278. The quantitative estimate of drug-likeness (QED) is 0.569. The van der Waals surface area contributed by atoms with E-state index in [4.69, 9.17) is 11.1 Å². The zero-order valence-corrected chi connectivity index (χ0v) is 18.6. The summed E-state index contributed by atoms with van der Waals surface area (Å²) >= 11 is 0. The summed E-state index contributed by atoms with van der Waals surface area (Å²) in [6, 6.07) is 9.48. The standard InChI is InChI=1S/C22H28N6O2S/c1-25-15-18(14-24)16-3-4-17(13-23)21(11-16)27-19-5-8-26-22(12-19)28-9-6-20(7-10-28)31(2,29)30/h3-5,8,11-15,20,23H,6-7,9-10,24H2,1-2H3,(H,26,27). The molecule has 8 nitrogen and oxygen atoms in total. The van der Waals surface area contributed by atoms with Gasteiger partial charge in [0.1, 0.15) is 15.7 Å². The lowest BCUT2D eigenvalue weighted by Gasteiger charge is -2.32. The average molecular weight is 441 g/mol. The molecule has 0 saturated carbocycles. The van der Waals surface area contributed by atoms with E-state index in [2.05, 4.69) is 20.2 Å². The van der Waals surface area contributed by atoms with Gasteiger partial charge in [-0.2, -0.15) is 0 Å². The average Bonchev–Trinajstić information content (AvgIpc) is 2.77. The van der Waals surface area contributed by atoms with Crippen molar-refractivity contribution < 1.29 is 8.42 Å². The van der Waals surface area contributed by atoms with E-state index in [9.17, 15) is 8.42 Å². The zero-order chi connectivity index (χ0) is 22.4. The van der Waals surface area contributed by atoms with Crippen LogP contribution in [0, 0.1) is 5.41 Å². The topological polar surface area (TPSA) is 125 Å². The molecule has 0 radical (unpaired) electrons. The molecule has 4 N–H and O–H groups in total. The molecule has 0 spiro atoms. The first-order valence-electron chi connectivity index (χ1n) is 10.0. The molecular formula is C22H28N6O2S. The van der Waals surface area contributed by atoms with Gasteiger partial charge < -0.3 is 21.4 Å². The van der Waals surface area contributed by atoms with E-state index >= 15 is 0 Å². The second-order valence-corrected chi connectivity index (χ2v) is 9.83. The summed E-state index contributed by atoms with van der Waals surface area (Å²) in [5.74, 6) is 0.796. The number of pyridine rings is 1. The van der Waals surface area contributed by atoms with Crippen molar-refractivity contribution in [3.05, 3.63) is 53.9 Å². The molecule has 1 aliphatic rings. The number of hydrogen-bond donors (Lipinski definition) is 3. The van der Waals surface area contributed by atoms with Crippen LogP contribution < -0.4 is 16.0 Å². The number of allylic oxidation sites excluding steroid dienone is 1. The predicted molar refractivity (Wildman–Crippen MR) is 129 cm³/mol. The molecular weight excluding hydrogens is 412 g/mol. The number of nitrogens with zero attached hydrogens (tertiary/aromatic N) is 3. The fourth-order valence-corrected chi connectivity index (χ4v) is 4.73. The second kappa shape index (κ2) is 9.74. The Balaban J connectivity index is 1.82. The first-order valence-corrected chi connectivity index (χ1v) is 12.0. The molecule has 0 bridgehead atoms. The van der Waals surface area contributed by atoms with Crippen LogP contribution in [0.3, 0.4) is 0 Å². The van der Waals surface area contributed by atoms with Crippen LogP contribution in [0.5, 0.6) is 0 Å². The van der Waals surface area contributed by atoms with Gasteiger partial charge in [0, 0.05) is 79.8 Å². The van der Waals surface area contributed by atoms with Gasteiger partial charge in [0.2, 0.25) is 0 Å². The number of rotatable bonds is 7. The fourth-order valence-electron chi connectivity index (χ4n) is 3.66. The van der Waals surface area contributed by atoms with Gasteiger partial charge >= 0.3 is 0 Å². The molecule has 2 heterocycles. The first kappa shape index (κ1) is 22.5. The molecule has 3 rings (SSSR count). The van der Waals surface area contributed by atoms with Crippen molar-refractivity contribution in [1.29, 1.82) is 5.41 Å². The molecule has 0 aliphatic carbocycles. The van der Waals surface area contributed by atoms with E-state index in [1.165, 1.54) is 18.7 Å². The smallest absolute Gasteiger partial charge is 0.150 e. The van der Waals surface area contributed by atoms with E-state index in [0.29, 0.717) is 25.9 Å². The third-order valence-electron chi connectivity index (χ3n) is 5.39. The molecule has 0 atom stereocenters. The van der Waals surface area contributed by atoms with Gasteiger partial charge in [0.25, 0.3) is 0 Å². The summed E-state index contributed by atoms with van der Waals surface area (Å²) in [4.78, 5) is 10.6. The van der Waals surface area contributed by atoms with Crippen molar-refractivity contribution in [3.63, 3.8) is 0 Å². The zero-order valence-electron chi connectivity index (χ0n) is 17.7. The van der Waals surface area contributed by atoms with Crippen LogP contribution in [0.2, 0.25) is 0 Å². The molecule has 2 aromatic rings. The SMILES string of the molecule is CN=CC(=CN)c1ccc(C=N)c(Nc2ccnc(N3CCC(S(C)(=O)=O)CC3)c2)c1. The van der Waals surface area contributed by atoms with Crippen LogP contribution in [0.15, 0.2) is 47.7 Å². The maximum Gasteiger partial charge on any atom is 0.150 e. The first-order chi connectivity index (χ1) is 14.9. The number of aliphatic imine (C=N–C) groups is 1. The van der Waals surface area contributed by atoms with E-state index in [1.54, 1.807) is 19.5 Å². The molecule has 31 heavy (non-hydrogen) atoms. The van der Waals surface area contributed by atoms with Gasteiger partial charge in [0.05, 0.1) is 5.25 Å². The molecule has 1 aliphatic heterocycles. The van der Waals surface area contributed by atoms with Crippen LogP contribution in [-0.4, -0.2) is 57.5 Å². The Kier molecular flexibility index (Phi) is 7.06. The molecule has 1 saturated heterocycles. The van der Waals surface area contributed by atoms with Gasteiger partial charge in [0.15, 0.2) is 0 Å². The lowest BCUT2D eigenvalue weighted by atomic mass is 10.0. The number of aromatic nitrogens is 1. The van der Waals surface area contributed by atoms with Crippen LogP contribution in [-0.2, 0) is 9.84 Å². The Morgan fingerprint density at radius 3 is 2.65 bits per heavy atom. The molecule has 0 amide bonds. The van der Waals surface area contributed by atoms with E-state index in [0.717, 1.165) is 33.9 Å². The summed E-state index contributed by atoms with van der Waals surface area (Å²) in [6.45, 7) is 1.30. The van der Waals surface area contributed by atoms with Crippen LogP contribution in [0.1, 0.15) is 24.0 Å². The van der Waals surface area contributed by atoms with Gasteiger partial charge in [-0.1, -0.05) is 12.1 Å². The number of nitrogens with two attached hydrogens (primary N) is 1.